The molecule has 0 aliphatic heterocycles. The Morgan fingerprint density at radius 2 is 1.65 bits per heavy atom. The van der Waals surface area contributed by atoms with E-state index in [9.17, 15) is 0 Å². The van der Waals surface area contributed by atoms with Crippen molar-refractivity contribution in [2.24, 2.45) is 12.0 Å². The average Bonchev–Trinajstić information content (AvgIpc) is 3.06. The molecule has 1 aromatic heterocycles. The van der Waals surface area contributed by atoms with Gasteiger partial charge in [0, 0.05) is 19.2 Å². The molecule has 0 atom stereocenters. The number of benzene rings is 2. The molecular weight excluding hydrogens is 388 g/mol. The molecule has 2 aromatic carbocycles. The fraction of sp³-hybridized carbons (Fsp3) is 0.375. The summed E-state index contributed by atoms with van der Waals surface area (Å²) >= 11 is 0. The molecule has 7 nitrogen and oxygen atoms in total. The molecule has 7 heteroatoms. The van der Waals surface area contributed by atoms with Crippen molar-refractivity contribution in [1.29, 1.82) is 0 Å². The molecule has 0 amide bonds. The van der Waals surface area contributed by atoms with E-state index in [1.165, 1.54) is 0 Å². The van der Waals surface area contributed by atoms with Gasteiger partial charge in [-0.2, -0.15) is 0 Å². The minimum absolute atomic E-state index is 0.262. The lowest BCUT2D eigenvalue weighted by molar-refractivity contribution is 0.129. The van der Waals surface area contributed by atoms with Gasteiger partial charge in [-0.3, -0.25) is 0 Å². The van der Waals surface area contributed by atoms with Crippen LogP contribution < -0.4 is 15.4 Å². The molecule has 164 valence electrons. The molecule has 0 fully saturated rings. The molecule has 0 aliphatic rings. The SMILES string of the molecule is Cc1nnc(CNC(=NCc2ccccc2)NCc2ccccc2OC(C)(C)C)n1C. The first kappa shape index (κ1) is 22.3. The van der Waals surface area contributed by atoms with Gasteiger partial charge >= 0.3 is 0 Å². The minimum Gasteiger partial charge on any atom is -0.488 e. The molecular formula is C24H32N6O. The normalized spacial score (nSPS) is 12.0. The molecule has 0 radical (unpaired) electrons. The molecule has 3 aromatic rings. The van der Waals surface area contributed by atoms with Crippen LogP contribution in [0.5, 0.6) is 5.75 Å². The standard InChI is InChI=1S/C24H32N6O/c1-18-28-29-22(30(18)5)17-27-23(25-15-19-11-7-6-8-12-19)26-16-20-13-9-10-14-21(20)31-24(2,3)4/h6-14H,15-17H2,1-5H3,(H2,25,26,27). The third-order valence-corrected chi connectivity index (χ3v) is 4.69. The van der Waals surface area contributed by atoms with Crippen LogP contribution in [0.4, 0.5) is 0 Å². The first-order valence-corrected chi connectivity index (χ1v) is 10.5. The smallest absolute Gasteiger partial charge is 0.192 e. The average molecular weight is 421 g/mol. The zero-order chi connectivity index (χ0) is 22.3. The molecule has 0 saturated carbocycles. The van der Waals surface area contributed by atoms with Gasteiger partial charge in [0.1, 0.15) is 17.2 Å². The van der Waals surface area contributed by atoms with Crippen molar-refractivity contribution in [1.82, 2.24) is 25.4 Å². The Morgan fingerprint density at radius 3 is 2.32 bits per heavy atom. The Kier molecular flexibility index (Phi) is 7.28. The first-order valence-electron chi connectivity index (χ1n) is 10.5. The van der Waals surface area contributed by atoms with Crippen molar-refractivity contribution < 1.29 is 4.74 Å². The summed E-state index contributed by atoms with van der Waals surface area (Å²) in [5.74, 6) is 3.30. The van der Waals surface area contributed by atoms with Gasteiger partial charge in [0.15, 0.2) is 11.8 Å². The highest BCUT2D eigenvalue weighted by Crippen LogP contribution is 2.22. The second-order valence-corrected chi connectivity index (χ2v) is 8.40. The lowest BCUT2D eigenvalue weighted by atomic mass is 10.1. The van der Waals surface area contributed by atoms with E-state index in [2.05, 4.69) is 39.0 Å². The maximum Gasteiger partial charge on any atom is 0.192 e. The molecule has 3 rings (SSSR count). The van der Waals surface area contributed by atoms with Crippen LogP contribution in [0.2, 0.25) is 0 Å². The second kappa shape index (κ2) is 10.1. The molecule has 2 N–H and O–H groups in total. The summed E-state index contributed by atoms with van der Waals surface area (Å²) in [6, 6.07) is 18.3. The van der Waals surface area contributed by atoms with Gasteiger partial charge in [0.05, 0.1) is 13.1 Å². The third-order valence-electron chi connectivity index (χ3n) is 4.69. The highest BCUT2D eigenvalue weighted by atomic mass is 16.5. The molecule has 1 heterocycles. The summed E-state index contributed by atoms with van der Waals surface area (Å²) in [4.78, 5) is 4.76. The van der Waals surface area contributed by atoms with Crippen molar-refractivity contribution in [3.05, 3.63) is 77.4 Å². The number of aryl methyl sites for hydroxylation is 1. The highest BCUT2D eigenvalue weighted by molar-refractivity contribution is 5.79. The number of nitrogens with one attached hydrogen (secondary N) is 2. The van der Waals surface area contributed by atoms with Crippen LogP contribution in [0.15, 0.2) is 59.6 Å². The van der Waals surface area contributed by atoms with E-state index in [1.807, 2.05) is 75.7 Å². The largest absolute Gasteiger partial charge is 0.488 e. The minimum atomic E-state index is -0.262. The summed E-state index contributed by atoms with van der Waals surface area (Å²) < 4.78 is 8.09. The summed E-state index contributed by atoms with van der Waals surface area (Å²) in [6.07, 6.45) is 0. The predicted molar refractivity (Wildman–Crippen MR) is 124 cm³/mol. The number of aliphatic imine (C=N–C) groups is 1. The van der Waals surface area contributed by atoms with Crippen LogP contribution >= 0.6 is 0 Å². The highest BCUT2D eigenvalue weighted by Gasteiger charge is 2.14. The quantitative estimate of drug-likeness (QED) is 0.450. The zero-order valence-electron chi connectivity index (χ0n) is 19.0. The van der Waals surface area contributed by atoms with Crippen LogP contribution in [0, 0.1) is 6.92 Å². The van der Waals surface area contributed by atoms with Gasteiger partial charge in [-0.05, 0) is 39.3 Å². The number of guanidine groups is 1. The van der Waals surface area contributed by atoms with Gasteiger partial charge in [0.25, 0.3) is 0 Å². The Balaban J connectivity index is 1.72. The van der Waals surface area contributed by atoms with Gasteiger partial charge in [0.2, 0.25) is 0 Å². The lowest BCUT2D eigenvalue weighted by Gasteiger charge is -2.23. The van der Waals surface area contributed by atoms with Gasteiger partial charge in [-0.25, -0.2) is 4.99 Å². The van der Waals surface area contributed by atoms with E-state index in [4.69, 9.17) is 9.73 Å². The summed E-state index contributed by atoms with van der Waals surface area (Å²) in [7, 11) is 1.96. The van der Waals surface area contributed by atoms with E-state index in [1.54, 1.807) is 0 Å². The lowest BCUT2D eigenvalue weighted by Crippen LogP contribution is -2.37. The fourth-order valence-electron chi connectivity index (χ4n) is 2.95. The Morgan fingerprint density at radius 1 is 0.968 bits per heavy atom. The molecule has 0 bridgehead atoms. The molecule has 0 spiro atoms. The molecule has 0 saturated heterocycles. The van der Waals surface area contributed by atoms with Crippen molar-refractivity contribution in [3.63, 3.8) is 0 Å². The molecule has 0 unspecified atom stereocenters. The zero-order valence-corrected chi connectivity index (χ0v) is 19.0. The molecule has 0 aliphatic carbocycles. The maximum atomic E-state index is 6.12. The monoisotopic (exact) mass is 420 g/mol. The van der Waals surface area contributed by atoms with E-state index >= 15 is 0 Å². The summed E-state index contributed by atoms with van der Waals surface area (Å²) in [5, 5.41) is 15.2. The Hall–Kier alpha value is -3.35. The van der Waals surface area contributed by atoms with Crippen molar-refractivity contribution in [2.45, 2.75) is 52.9 Å². The second-order valence-electron chi connectivity index (χ2n) is 8.40. The molecule has 31 heavy (non-hydrogen) atoms. The Bertz CT molecular complexity index is 1000. The summed E-state index contributed by atoms with van der Waals surface area (Å²) in [5.41, 5.74) is 1.96. The number of hydrogen-bond acceptors (Lipinski definition) is 4. The maximum absolute atomic E-state index is 6.12. The number of aromatic nitrogens is 3. The number of hydrogen-bond donors (Lipinski definition) is 2. The van der Waals surface area contributed by atoms with Gasteiger partial charge in [-0.1, -0.05) is 48.5 Å². The first-order chi connectivity index (χ1) is 14.8. The van der Waals surface area contributed by atoms with Crippen LogP contribution in [-0.4, -0.2) is 26.3 Å². The number of ether oxygens (including phenoxy) is 1. The number of para-hydroxylation sites is 1. The number of nitrogens with zero attached hydrogens (tertiary/aromatic N) is 4. The predicted octanol–water partition coefficient (Wildman–Crippen LogP) is 3.74. The van der Waals surface area contributed by atoms with Crippen molar-refractivity contribution in [3.8, 4) is 5.75 Å². The fourth-order valence-corrected chi connectivity index (χ4v) is 2.95. The van der Waals surface area contributed by atoms with Crippen molar-refractivity contribution in [2.75, 3.05) is 0 Å². The summed E-state index contributed by atoms with van der Waals surface area (Å²) in [6.45, 7) is 9.78. The van der Waals surface area contributed by atoms with Gasteiger partial charge in [-0.15, -0.1) is 10.2 Å². The van der Waals surface area contributed by atoms with Crippen LogP contribution in [0.3, 0.4) is 0 Å². The Labute approximate surface area is 184 Å². The number of rotatable bonds is 7. The van der Waals surface area contributed by atoms with E-state index < -0.39 is 0 Å². The van der Waals surface area contributed by atoms with E-state index in [0.29, 0.717) is 25.6 Å². The van der Waals surface area contributed by atoms with E-state index in [-0.39, 0.29) is 5.60 Å². The topological polar surface area (TPSA) is 76.4 Å². The van der Waals surface area contributed by atoms with Crippen LogP contribution in [0.1, 0.15) is 43.5 Å². The van der Waals surface area contributed by atoms with Crippen molar-refractivity contribution >= 4 is 5.96 Å². The van der Waals surface area contributed by atoms with Crippen LogP contribution in [0.25, 0.3) is 0 Å². The van der Waals surface area contributed by atoms with E-state index in [0.717, 1.165) is 28.5 Å². The van der Waals surface area contributed by atoms with Crippen LogP contribution in [-0.2, 0) is 26.7 Å². The van der Waals surface area contributed by atoms with Gasteiger partial charge < -0.3 is 19.9 Å². The third kappa shape index (κ3) is 6.84.